The Morgan fingerprint density at radius 2 is 2.42 bits per heavy atom. The number of aromatic nitrogens is 3. The van der Waals surface area contributed by atoms with Crippen LogP contribution in [0, 0.1) is 6.33 Å². The summed E-state index contributed by atoms with van der Waals surface area (Å²) in [5.41, 5.74) is 0. The van der Waals surface area contributed by atoms with E-state index in [-0.39, 0.29) is 0 Å². The molecule has 0 bridgehead atoms. The second-order valence-corrected chi connectivity index (χ2v) is 4.12. The Bertz CT molecular complexity index is 317. The molecule has 1 aromatic heterocycles. The highest BCUT2D eigenvalue weighted by Gasteiger charge is 1.98. The zero-order valence-electron chi connectivity index (χ0n) is 6.56. The lowest BCUT2D eigenvalue weighted by atomic mass is 10.6. The van der Waals surface area contributed by atoms with E-state index in [4.69, 9.17) is 0 Å². The molecule has 6 nitrogen and oxygen atoms in total. The molecule has 1 aromatic rings. The second kappa shape index (κ2) is 3.63. The van der Waals surface area contributed by atoms with Crippen molar-refractivity contribution in [2.75, 3.05) is 12.8 Å². The minimum absolute atomic E-state index is 0.327. The van der Waals surface area contributed by atoms with E-state index in [1.807, 2.05) is 0 Å². The SMILES string of the molecule is CS(=O)(=O)NCCn1[c]nnc1. The molecule has 0 saturated carbocycles. The van der Waals surface area contributed by atoms with Crippen LogP contribution in [0.1, 0.15) is 0 Å². The third kappa shape index (κ3) is 3.44. The van der Waals surface area contributed by atoms with Crippen LogP contribution in [0.4, 0.5) is 0 Å². The van der Waals surface area contributed by atoms with Crippen molar-refractivity contribution in [3.63, 3.8) is 0 Å². The van der Waals surface area contributed by atoms with Crippen molar-refractivity contribution >= 4 is 10.0 Å². The first kappa shape index (κ1) is 9.14. The zero-order chi connectivity index (χ0) is 9.03. The maximum atomic E-state index is 10.6. The van der Waals surface area contributed by atoms with Crippen molar-refractivity contribution in [3.8, 4) is 0 Å². The van der Waals surface area contributed by atoms with Crippen LogP contribution in [0.2, 0.25) is 0 Å². The van der Waals surface area contributed by atoms with E-state index >= 15 is 0 Å². The van der Waals surface area contributed by atoms with Gasteiger partial charge in [-0.2, -0.15) is 0 Å². The van der Waals surface area contributed by atoms with Gasteiger partial charge in [-0.25, -0.2) is 13.1 Å². The van der Waals surface area contributed by atoms with Gasteiger partial charge >= 0.3 is 0 Å². The standard InChI is InChI=1S/C5H9N4O2S/c1-12(10,11)8-2-3-9-4-6-7-5-9/h4,8H,2-3H2,1H3. The van der Waals surface area contributed by atoms with Crippen LogP contribution in [-0.2, 0) is 16.6 Å². The number of hydrogen-bond acceptors (Lipinski definition) is 4. The predicted molar refractivity (Wildman–Crippen MR) is 41.7 cm³/mol. The normalized spacial score (nSPS) is 11.8. The monoisotopic (exact) mass is 189 g/mol. The van der Waals surface area contributed by atoms with Crippen molar-refractivity contribution in [2.24, 2.45) is 0 Å². The summed E-state index contributed by atoms with van der Waals surface area (Å²) in [6.07, 6.45) is 5.13. The van der Waals surface area contributed by atoms with Crippen LogP contribution >= 0.6 is 0 Å². The van der Waals surface area contributed by atoms with E-state index in [2.05, 4.69) is 21.2 Å². The van der Waals surface area contributed by atoms with Crippen molar-refractivity contribution in [2.45, 2.75) is 6.54 Å². The molecule has 67 valence electrons. The van der Waals surface area contributed by atoms with E-state index in [0.717, 1.165) is 6.26 Å². The highest BCUT2D eigenvalue weighted by Crippen LogP contribution is 1.80. The zero-order valence-corrected chi connectivity index (χ0v) is 7.37. The Balaban J connectivity index is 2.29. The fourth-order valence-corrected chi connectivity index (χ4v) is 1.12. The minimum atomic E-state index is -3.10. The van der Waals surface area contributed by atoms with Gasteiger partial charge < -0.3 is 4.57 Å². The van der Waals surface area contributed by atoms with Gasteiger partial charge in [0, 0.05) is 13.1 Å². The number of hydrogen-bond donors (Lipinski definition) is 1. The lowest BCUT2D eigenvalue weighted by Gasteiger charge is -2.00. The van der Waals surface area contributed by atoms with Crippen molar-refractivity contribution < 1.29 is 8.42 Å². The molecule has 0 saturated heterocycles. The summed E-state index contributed by atoms with van der Waals surface area (Å²) in [5, 5.41) is 6.97. The molecule has 0 aromatic carbocycles. The third-order valence-corrected chi connectivity index (χ3v) is 1.87. The summed E-state index contributed by atoms with van der Waals surface area (Å²) in [4.78, 5) is 0. The number of nitrogens with zero attached hydrogens (tertiary/aromatic N) is 3. The molecule has 1 heterocycles. The van der Waals surface area contributed by atoms with Gasteiger partial charge in [-0.05, 0) is 0 Å². The average Bonchev–Trinajstić information content (AvgIpc) is 2.36. The summed E-state index contributed by atoms with van der Waals surface area (Å²) in [6.45, 7) is 0.813. The maximum absolute atomic E-state index is 10.6. The summed E-state index contributed by atoms with van der Waals surface area (Å²) < 4.78 is 25.1. The first-order valence-electron chi connectivity index (χ1n) is 3.28. The fraction of sp³-hybridized carbons (Fsp3) is 0.600. The second-order valence-electron chi connectivity index (χ2n) is 2.29. The quantitative estimate of drug-likeness (QED) is 0.633. The number of sulfonamides is 1. The molecule has 1 rings (SSSR count). The van der Waals surface area contributed by atoms with Crippen LogP contribution in [0.5, 0.6) is 0 Å². The number of rotatable bonds is 4. The summed E-state index contributed by atoms with van der Waals surface area (Å²) in [7, 11) is -3.10. The molecular formula is C5H9N4O2S. The molecule has 0 aliphatic rings. The first-order chi connectivity index (χ1) is 5.58. The highest BCUT2D eigenvalue weighted by atomic mass is 32.2. The average molecular weight is 189 g/mol. The molecule has 0 spiro atoms. The molecule has 0 unspecified atom stereocenters. The van der Waals surface area contributed by atoms with Gasteiger partial charge in [-0.3, -0.25) is 0 Å². The third-order valence-electron chi connectivity index (χ3n) is 1.14. The lowest BCUT2D eigenvalue weighted by molar-refractivity contribution is 0.578. The lowest BCUT2D eigenvalue weighted by Crippen LogP contribution is -2.25. The highest BCUT2D eigenvalue weighted by molar-refractivity contribution is 7.88. The molecular weight excluding hydrogens is 180 g/mol. The van der Waals surface area contributed by atoms with Crippen LogP contribution in [0.3, 0.4) is 0 Å². The molecule has 1 N–H and O–H groups in total. The Morgan fingerprint density at radius 3 is 2.92 bits per heavy atom. The van der Waals surface area contributed by atoms with E-state index in [0.29, 0.717) is 13.1 Å². The molecule has 0 aliphatic heterocycles. The Morgan fingerprint density at radius 1 is 1.67 bits per heavy atom. The largest absolute Gasteiger partial charge is 0.310 e. The summed E-state index contributed by atoms with van der Waals surface area (Å²) >= 11 is 0. The van der Waals surface area contributed by atoms with Crippen LogP contribution in [0.25, 0.3) is 0 Å². The molecule has 0 fully saturated rings. The van der Waals surface area contributed by atoms with Crippen LogP contribution < -0.4 is 4.72 Å². The van der Waals surface area contributed by atoms with Gasteiger partial charge in [0.15, 0.2) is 0 Å². The van der Waals surface area contributed by atoms with Gasteiger partial charge in [0.2, 0.25) is 16.4 Å². The van der Waals surface area contributed by atoms with Crippen molar-refractivity contribution in [1.82, 2.24) is 19.5 Å². The van der Waals surface area contributed by atoms with E-state index < -0.39 is 10.0 Å². The van der Waals surface area contributed by atoms with Gasteiger partial charge in [0.1, 0.15) is 6.33 Å². The fourth-order valence-electron chi connectivity index (χ4n) is 0.656. The van der Waals surface area contributed by atoms with Gasteiger partial charge in [-0.1, -0.05) is 0 Å². The van der Waals surface area contributed by atoms with Gasteiger partial charge in [0.05, 0.1) is 6.26 Å². The minimum Gasteiger partial charge on any atom is -0.310 e. The van der Waals surface area contributed by atoms with E-state index in [1.165, 1.54) is 6.33 Å². The summed E-state index contributed by atoms with van der Waals surface area (Å²) in [5.74, 6) is 0. The Kier molecular flexibility index (Phi) is 2.77. The summed E-state index contributed by atoms with van der Waals surface area (Å²) in [6, 6.07) is 0. The van der Waals surface area contributed by atoms with Crippen molar-refractivity contribution in [3.05, 3.63) is 12.7 Å². The van der Waals surface area contributed by atoms with Gasteiger partial charge in [0.25, 0.3) is 0 Å². The van der Waals surface area contributed by atoms with Crippen LogP contribution in [0.15, 0.2) is 6.33 Å². The number of nitrogens with one attached hydrogen (secondary N) is 1. The Hall–Kier alpha value is -0.950. The Labute approximate surface area is 70.7 Å². The first-order valence-corrected chi connectivity index (χ1v) is 5.17. The maximum Gasteiger partial charge on any atom is 0.208 e. The molecule has 7 heteroatoms. The topological polar surface area (TPSA) is 76.9 Å². The molecule has 1 radical (unpaired) electrons. The van der Waals surface area contributed by atoms with Gasteiger partial charge in [-0.15, -0.1) is 10.2 Å². The predicted octanol–water partition coefficient (Wildman–Crippen LogP) is -1.37. The van der Waals surface area contributed by atoms with Crippen molar-refractivity contribution in [1.29, 1.82) is 0 Å². The molecule has 0 atom stereocenters. The molecule has 0 amide bonds. The van der Waals surface area contributed by atoms with E-state index in [1.54, 1.807) is 4.57 Å². The molecule has 0 aliphatic carbocycles. The van der Waals surface area contributed by atoms with Crippen LogP contribution in [-0.4, -0.2) is 36.0 Å². The molecule has 12 heavy (non-hydrogen) atoms. The smallest absolute Gasteiger partial charge is 0.208 e. The van der Waals surface area contributed by atoms with E-state index in [9.17, 15) is 8.42 Å².